The van der Waals surface area contributed by atoms with E-state index in [1.807, 2.05) is 20.8 Å². The summed E-state index contributed by atoms with van der Waals surface area (Å²) in [5.41, 5.74) is -0.255. The van der Waals surface area contributed by atoms with Crippen molar-refractivity contribution in [2.75, 3.05) is 13.1 Å². The first-order valence-corrected chi connectivity index (χ1v) is 7.03. The van der Waals surface area contributed by atoms with Crippen LogP contribution in [0.4, 0.5) is 4.79 Å². The minimum absolute atomic E-state index is 0.0919. The van der Waals surface area contributed by atoms with Crippen LogP contribution in [0.1, 0.15) is 31.3 Å². The van der Waals surface area contributed by atoms with Gasteiger partial charge >= 0.3 is 6.09 Å². The number of likely N-dealkylation sites (tertiary alicyclic amines) is 1. The quantitative estimate of drug-likeness (QED) is 0.907. The van der Waals surface area contributed by atoms with Gasteiger partial charge in [-0.25, -0.2) is 4.79 Å². The van der Waals surface area contributed by atoms with E-state index in [1.54, 1.807) is 11.0 Å². The van der Waals surface area contributed by atoms with E-state index in [2.05, 4.69) is 10.3 Å². The topological polar surface area (TPSA) is 71.5 Å². The molecule has 21 heavy (non-hydrogen) atoms. The largest absolute Gasteiger partial charge is 0.444 e. The van der Waals surface area contributed by atoms with Crippen LogP contribution in [0.3, 0.4) is 0 Å². The van der Waals surface area contributed by atoms with Gasteiger partial charge in [0.1, 0.15) is 11.3 Å². The molecule has 0 bridgehead atoms. The molecule has 6 nitrogen and oxygen atoms in total. The molecule has 1 aromatic heterocycles. The zero-order chi connectivity index (χ0) is 15.6. The van der Waals surface area contributed by atoms with Gasteiger partial charge in [0, 0.05) is 24.3 Å². The molecule has 2 rings (SSSR count). The fourth-order valence-corrected chi connectivity index (χ4v) is 1.99. The molecule has 1 saturated heterocycles. The number of aromatic nitrogens is 1. The highest BCUT2D eigenvalue weighted by Crippen LogP contribution is 2.15. The van der Waals surface area contributed by atoms with Crippen molar-refractivity contribution in [2.24, 2.45) is 0 Å². The first-order valence-electron chi connectivity index (χ1n) is 6.65. The predicted octanol–water partition coefficient (Wildman–Crippen LogP) is 2.08. The Labute approximate surface area is 128 Å². The van der Waals surface area contributed by atoms with Crippen LogP contribution in [-0.4, -0.2) is 46.6 Å². The van der Waals surface area contributed by atoms with E-state index in [9.17, 15) is 9.59 Å². The smallest absolute Gasteiger partial charge is 0.410 e. The van der Waals surface area contributed by atoms with Gasteiger partial charge < -0.3 is 15.0 Å². The fourth-order valence-electron chi connectivity index (χ4n) is 1.83. The molecular weight excluding hydrogens is 294 g/mol. The van der Waals surface area contributed by atoms with Crippen molar-refractivity contribution >= 4 is 23.6 Å². The summed E-state index contributed by atoms with van der Waals surface area (Å²) < 4.78 is 5.24. The summed E-state index contributed by atoms with van der Waals surface area (Å²) >= 11 is 5.81. The van der Waals surface area contributed by atoms with Crippen molar-refractivity contribution in [2.45, 2.75) is 32.4 Å². The molecule has 0 saturated carbocycles. The molecule has 0 spiro atoms. The van der Waals surface area contributed by atoms with Gasteiger partial charge in [0.05, 0.1) is 6.04 Å². The second kappa shape index (κ2) is 5.89. The van der Waals surface area contributed by atoms with Crippen LogP contribution in [0.25, 0.3) is 0 Å². The Hall–Kier alpha value is -1.82. The maximum Gasteiger partial charge on any atom is 0.410 e. The Balaban J connectivity index is 1.80. The molecular formula is C14H18ClN3O3. The molecule has 0 radical (unpaired) electrons. The molecule has 114 valence electrons. The van der Waals surface area contributed by atoms with Gasteiger partial charge in [-0.3, -0.25) is 9.78 Å². The van der Waals surface area contributed by atoms with Crippen molar-refractivity contribution in [1.82, 2.24) is 15.2 Å². The van der Waals surface area contributed by atoms with Crippen LogP contribution in [0.2, 0.25) is 5.02 Å². The van der Waals surface area contributed by atoms with Crippen molar-refractivity contribution in [1.29, 1.82) is 0 Å². The Morgan fingerprint density at radius 2 is 2.10 bits per heavy atom. The number of carbonyl (C=O) groups is 2. The highest BCUT2D eigenvalue weighted by molar-refractivity contribution is 6.30. The molecule has 0 aromatic carbocycles. The average molecular weight is 312 g/mol. The van der Waals surface area contributed by atoms with Gasteiger partial charge in [-0.05, 0) is 32.9 Å². The van der Waals surface area contributed by atoms with E-state index in [0.717, 1.165) is 0 Å². The third kappa shape index (κ3) is 4.32. The number of carbonyl (C=O) groups excluding carboxylic acids is 2. The van der Waals surface area contributed by atoms with Crippen LogP contribution in [0.15, 0.2) is 18.3 Å². The number of pyridine rings is 1. The van der Waals surface area contributed by atoms with Crippen molar-refractivity contribution in [3.8, 4) is 0 Å². The molecule has 0 aliphatic carbocycles. The monoisotopic (exact) mass is 311 g/mol. The highest BCUT2D eigenvalue weighted by Gasteiger charge is 2.34. The summed E-state index contributed by atoms with van der Waals surface area (Å²) in [7, 11) is 0. The lowest BCUT2D eigenvalue weighted by atomic mass is 10.1. The van der Waals surface area contributed by atoms with Gasteiger partial charge in [-0.15, -0.1) is 0 Å². The van der Waals surface area contributed by atoms with E-state index in [4.69, 9.17) is 16.3 Å². The number of nitrogens with one attached hydrogen (secondary N) is 1. The van der Waals surface area contributed by atoms with Crippen LogP contribution in [0, 0.1) is 0 Å². The number of halogens is 1. The third-order valence-electron chi connectivity index (χ3n) is 2.82. The second-order valence-electron chi connectivity index (χ2n) is 5.92. The van der Waals surface area contributed by atoms with Gasteiger partial charge in [0.25, 0.3) is 5.91 Å². The number of amides is 2. The summed E-state index contributed by atoms with van der Waals surface area (Å²) in [6.07, 6.45) is 1.11. The molecule has 1 aliphatic rings. The third-order valence-corrected chi connectivity index (χ3v) is 3.06. The molecule has 1 aromatic rings. The van der Waals surface area contributed by atoms with Crippen LogP contribution in [0.5, 0.6) is 0 Å². The van der Waals surface area contributed by atoms with Crippen LogP contribution < -0.4 is 5.32 Å². The van der Waals surface area contributed by atoms with E-state index >= 15 is 0 Å². The maximum atomic E-state index is 11.9. The number of rotatable bonds is 2. The SMILES string of the molecule is CC(C)(C)OC(=O)N1CC(NC(=O)c2cc(Cl)ccn2)C1. The summed E-state index contributed by atoms with van der Waals surface area (Å²) in [6, 6.07) is 3.01. The molecule has 1 aliphatic heterocycles. The Morgan fingerprint density at radius 1 is 1.43 bits per heavy atom. The lowest BCUT2D eigenvalue weighted by molar-refractivity contribution is 0.00531. The van der Waals surface area contributed by atoms with Crippen LogP contribution in [-0.2, 0) is 4.74 Å². The summed E-state index contributed by atoms with van der Waals surface area (Å²) in [5, 5.41) is 3.26. The number of nitrogens with zero attached hydrogens (tertiary/aromatic N) is 2. The normalized spacial score (nSPS) is 15.3. The lowest BCUT2D eigenvalue weighted by Gasteiger charge is -2.39. The van der Waals surface area contributed by atoms with E-state index in [-0.39, 0.29) is 23.7 Å². The molecule has 2 heterocycles. The fraction of sp³-hybridized carbons (Fsp3) is 0.500. The lowest BCUT2D eigenvalue weighted by Crippen LogP contribution is -2.61. The van der Waals surface area contributed by atoms with Gasteiger partial charge in [0.2, 0.25) is 0 Å². The molecule has 0 atom stereocenters. The summed E-state index contributed by atoms with van der Waals surface area (Å²) in [5.74, 6) is -0.300. The molecule has 0 unspecified atom stereocenters. The van der Waals surface area contributed by atoms with Gasteiger partial charge in [0.15, 0.2) is 0 Å². The number of ether oxygens (including phenoxy) is 1. The molecule has 7 heteroatoms. The summed E-state index contributed by atoms with van der Waals surface area (Å²) in [4.78, 5) is 29.2. The van der Waals surface area contributed by atoms with E-state index in [0.29, 0.717) is 18.1 Å². The minimum Gasteiger partial charge on any atom is -0.444 e. The van der Waals surface area contributed by atoms with E-state index < -0.39 is 5.60 Å². The van der Waals surface area contributed by atoms with Crippen molar-refractivity contribution < 1.29 is 14.3 Å². The number of hydrogen-bond acceptors (Lipinski definition) is 4. The first kappa shape index (κ1) is 15.6. The van der Waals surface area contributed by atoms with Gasteiger partial charge in [-0.1, -0.05) is 11.6 Å². The molecule has 2 amide bonds. The minimum atomic E-state index is -0.518. The molecule has 1 N–H and O–H groups in total. The highest BCUT2D eigenvalue weighted by atomic mass is 35.5. The zero-order valence-corrected chi connectivity index (χ0v) is 13.0. The first-order chi connectivity index (χ1) is 9.74. The van der Waals surface area contributed by atoms with Crippen molar-refractivity contribution in [3.63, 3.8) is 0 Å². The maximum absolute atomic E-state index is 11.9. The summed E-state index contributed by atoms with van der Waals surface area (Å²) in [6.45, 7) is 6.31. The Kier molecular flexibility index (Phi) is 4.37. The van der Waals surface area contributed by atoms with Gasteiger partial charge in [-0.2, -0.15) is 0 Å². The predicted molar refractivity (Wildman–Crippen MR) is 78.3 cm³/mol. The second-order valence-corrected chi connectivity index (χ2v) is 6.35. The van der Waals surface area contributed by atoms with Crippen molar-refractivity contribution in [3.05, 3.63) is 29.0 Å². The van der Waals surface area contributed by atoms with Crippen LogP contribution >= 0.6 is 11.6 Å². The number of hydrogen-bond donors (Lipinski definition) is 1. The average Bonchev–Trinajstić information content (AvgIpc) is 2.30. The molecule has 1 fully saturated rings. The zero-order valence-electron chi connectivity index (χ0n) is 12.2. The Morgan fingerprint density at radius 3 is 2.67 bits per heavy atom. The standard InChI is InChI=1S/C14H18ClN3O3/c1-14(2,3)21-13(20)18-7-10(8-18)17-12(19)11-6-9(15)4-5-16-11/h4-6,10H,7-8H2,1-3H3,(H,17,19). The van der Waals surface area contributed by atoms with E-state index in [1.165, 1.54) is 12.3 Å². The Bertz CT molecular complexity index is 551.